The first-order chi connectivity index (χ1) is 19.3. The van der Waals surface area contributed by atoms with E-state index in [9.17, 15) is 14.7 Å². The van der Waals surface area contributed by atoms with Gasteiger partial charge in [0.05, 0.1) is 12.1 Å². The number of aryl methyl sites for hydroxylation is 1. The zero-order chi connectivity index (χ0) is 27.4. The largest absolute Gasteiger partial charge is 0.477 e. The molecule has 1 saturated carbocycles. The summed E-state index contributed by atoms with van der Waals surface area (Å²) in [5.74, 6) is -0.887. The van der Waals surface area contributed by atoms with Gasteiger partial charge in [0.25, 0.3) is 5.56 Å². The molecular formula is C34H27FN2O3. The highest BCUT2D eigenvalue weighted by Gasteiger charge is 2.47. The maximum atomic E-state index is 15.7. The van der Waals surface area contributed by atoms with Gasteiger partial charge in [0.1, 0.15) is 11.5 Å². The predicted molar refractivity (Wildman–Crippen MR) is 155 cm³/mol. The van der Waals surface area contributed by atoms with Crippen molar-refractivity contribution < 1.29 is 14.3 Å². The van der Waals surface area contributed by atoms with Crippen LogP contribution in [0.3, 0.4) is 0 Å². The lowest BCUT2D eigenvalue weighted by Gasteiger charge is -2.22. The van der Waals surface area contributed by atoms with Crippen LogP contribution in [0.2, 0.25) is 0 Å². The van der Waals surface area contributed by atoms with Crippen molar-refractivity contribution in [1.29, 1.82) is 0 Å². The fourth-order valence-corrected chi connectivity index (χ4v) is 7.43. The number of nitrogens with one attached hydrogen (secondary N) is 1. The second-order valence-electron chi connectivity index (χ2n) is 11.7. The third-order valence-electron chi connectivity index (χ3n) is 9.24. The van der Waals surface area contributed by atoms with E-state index < -0.39 is 5.97 Å². The first-order valence-electron chi connectivity index (χ1n) is 13.8. The van der Waals surface area contributed by atoms with E-state index in [0.29, 0.717) is 28.1 Å². The van der Waals surface area contributed by atoms with Crippen LogP contribution < -0.4 is 5.56 Å². The quantitative estimate of drug-likeness (QED) is 0.297. The minimum atomic E-state index is -1.09. The van der Waals surface area contributed by atoms with Crippen molar-refractivity contribution in [3.8, 4) is 0 Å². The normalized spacial score (nSPS) is 22.2. The Hall–Kier alpha value is -4.45. The summed E-state index contributed by atoms with van der Waals surface area (Å²) in [4.78, 5) is 29.3. The van der Waals surface area contributed by atoms with Crippen molar-refractivity contribution in [2.45, 2.75) is 39.2 Å². The first-order valence-corrected chi connectivity index (χ1v) is 13.8. The van der Waals surface area contributed by atoms with Crippen molar-refractivity contribution in [2.75, 3.05) is 0 Å². The number of aromatic carboxylic acids is 1. The monoisotopic (exact) mass is 530 g/mol. The summed E-state index contributed by atoms with van der Waals surface area (Å²) < 4.78 is 17.4. The molecule has 40 heavy (non-hydrogen) atoms. The summed E-state index contributed by atoms with van der Waals surface area (Å²) in [6, 6.07) is 9.09. The smallest absolute Gasteiger partial charge is 0.353 e. The molecule has 6 heteroatoms. The third kappa shape index (κ3) is 3.13. The molecule has 2 N–H and O–H groups in total. The van der Waals surface area contributed by atoms with Gasteiger partial charge in [-0.1, -0.05) is 54.5 Å². The average molecular weight is 531 g/mol. The molecule has 2 unspecified atom stereocenters. The zero-order valence-electron chi connectivity index (χ0n) is 22.2. The lowest BCUT2D eigenvalue weighted by atomic mass is 9.80. The van der Waals surface area contributed by atoms with Gasteiger partial charge in [0.15, 0.2) is 0 Å². The Balaban J connectivity index is 1.47. The number of carboxylic acids is 1. The summed E-state index contributed by atoms with van der Waals surface area (Å²) >= 11 is 0. The number of aromatic amines is 1. The molecule has 8 rings (SSSR count). The van der Waals surface area contributed by atoms with Crippen molar-refractivity contribution in [2.24, 2.45) is 11.8 Å². The van der Waals surface area contributed by atoms with Crippen molar-refractivity contribution in [1.82, 2.24) is 9.55 Å². The molecule has 0 saturated heterocycles. The lowest BCUT2D eigenvalue weighted by molar-refractivity contribution is 0.0686. The number of pyridine rings is 1. The second-order valence-corrected chi connectivity index (χ2v) is 11.7. The molecule has 0 aliphatic heterocycles. The molecule has 0 amide bonds. The number of carbonyl (C=O) groups is 1. The number of halogens is 1. The van der Waals surface area contributed by atoms with Gasteiger partial charge in [0.2, 0.25) is 0 Å². The van der Waals surface area contributed by atoms with Gasteiger partial charge in [-0.05, 0) is 78.0 Å². The Morgan fingerprint density at radius 1 is 1.23 bits per heavy atom. The Bertz CT molecular complexity index is 2030. The number of hydrogen-bond acceptors (Lipinski definition) is 2. The van der Waals surface area contributed by atoms with Crippen molar-refractivity contribution in [3.63, 3.8) is 0 Å². The standard InChI is InChI=1S/C34H27FN2O3/c1-16-7-10-26-18(11-16)12-19(33(38)36-26)15-37-27-14-25(35)21-9-8-20-23-13-24(23)28-17(2)5-3-4-6-22(28)30(31(27)29(20)21)32(37)34(39)40/h3-4,6-12,14,17,20,23H,5,13,15H2,1-2H3,(H,36,38)(H,39,40)/t17-,20?,23?/m0/s1. The SMILES string of the molecule is Cc1ccc2[nH]c(=O)c(Cn3c(C(=O)O)c4c5c6c(c(F)cc53)C=CC6C3CC3=C3C4=CC=CC[C@@H]3C)cc2c1. The molecule has 4 aliphatic rings. The average Bonchev–Trinajstić information content (AvgIpc) is 3.49. The topological polar surface area (TPSA) is 75.1 Å². The zero-order valence-corrected chi connectivity index (χ0v) is 22.2. The molecule has 2 aromatic heterocycles. The van der Waals surface area contributed by atoms with Gasteiger partial charge < -0.3 is 14.7 Å². The molecule has 4 aliphatic carbocycles. The summed E-state index contributed by atoms with van der Waals surface area (Å²) in [5, 5.41) is 12.4. The van der Waals surface area contributed by atoms with Crippen LogP contribution in [0.15, 0.2) is 70.6 Å². The maximum absolute atomic E-state index is 15.7. The van der Waals surface area contributed by atoms with Crippen LogP contribution in [0.1, 0.15) is 64.0 Å². The Labute approximate surface area is 229 Å². The van der Waals surface area contributed by atoms with Crippen LogP contribution in [0.25, 0.3) is 33.5 Å². The fraction of sp³-hybridized carbons (Fsp3) is 0.235. The highest BCUT2D eigenvalue weighted by Crippen LogP contribution is 2.60. The number of benzene rings is 2. The molecule has 198 valence electrons. The summed E-state index contributed by atoms with van der Waals surface area (Å²) in [5.41, 5.74) is 8.14. The maximum Gasteiger partial charge on any atom is 0.353 e. The van der Waals surface area contributed by atoms with Crippen LogP contribution in [-0.4, -0.2) is 20.6 Å². The molecule has 1 fully saturated rings. The molecule has 0 radical (unpaired) electrons. The fourth-order valence-electron chi connectivity index (χ4n) is 7.43. The van der Waals surface area contributed by atoms with E-state index >= 15 is 4.39 Å². The van der Waals surface area contributed by atoms with Gasteiger partial charge >= 0.3 is 5.97 Å². The van der Waals surface area contributed by atoms with E-state index in [1.165, 1.54) is 17.2 Å². The minimum absolute atomic E-state index is 0.0156. The van der Waals surface area contributed by atoms with E-state index in [1.807, 2.05) is 49.4 Å². The number of fused-ring (bicyclic) bond motifs is 5. The summed E-state index contributed by atoms with van der Waals surface area (Å²) in [7, 11) is 0. The second kappa shape index (κ2) is 8.04. The number of rotatable bonds is 3. The van der Waals surface area contributed by atoms with Crippen LogP contribution >= 0.6 is 0 Å². The third-order valence-corrected chi connectivity index (χ3v) is 9.24. The Morgan fingerprint density at radius 3 is 2.90 bits per heavy atom. The minimum Gasteiger partial charge on any atom is -0.477 e. The van der Waals surface area contributed by atoms with Gasteiger partial charge in [0, 0.05) is 33.5 Å². The predicted octanol–water partition coefficient (Wildman–Crippen LogP) is 7.10. The summed E-state index contributed by atoms with van der Waals surface area (Å²) in [6.45, 7) is 4.21. The van der Waals surface area contributed by atoms with Crippen LogP contribution in [0, 0.1) is 24.6 Å². The Morgan fingerprint density at radius 2 is 2.08 bits per heavy atom. The van der Waals surface area contributed by atoms with Crippen LogP contribution in [0.4, 0.5) is 4.39 Å². The summed E-state index contributed by atoms with van der Waals surface area (Å²) in [6.07, 6.45) is 12.0. The molecule has 2 aromatic carbocycles. The van der Waals surface area contributed by atoms with Gasteiger partial charge in [-0.25, -0.2) is 9.18 Å². The van der Waals surface area contributed by atoms with Crippen molar-refractivity contribution in [3.05, 3.63) is 115 Å². The van der Waals surface area contributed by atoms with E-state index in [4.69, 9.17) is 0 Å². The number of allylic oxidation sites excluding steroid dienone is 7. The highest BCUT2D eigenvalue weighted by atomic mass is 19.1. The molecule has 0 spiro atoms. The first kappa shape index (κ1) is 23.4. The van der Waals surface area contributed by atoms with Crippen LogP contribution in [-0.2, 0) is 6.54 Å². The molecule has 0 bridgehead atoms. The van der Waals surface area contributed by atoms with Gasteiger partial charge in [-0.15, -0.1) is 0 Å². The van der Waals surface area contributed by atoms with E-state index in [1.54, 1.807) is 4.57 Å². The number of carboxylic acid groups (broad SMARTS) is 1. The molecule has 3 atom stereocenters. The number of hydrogen-bond donors (Lipinski definition) is 2. The number of aromatic nitrogens is 2. The molecule has 5 nitrogen and oxygen atoms in total. The molecule has 2 heterocycles. The number of nitrogens with zero attached hydrogens (tertiary/aromatic N) is 1. The van der Waals surface area contributed by atoms with Crippen LogP contribution in [0.5, 0.6) is 0 Å². The highest BCUT2D eigenvalue weighted by molar-refractivity contribution is 6.11. The molecule has 4 aromatic rings. The van der Waals surface area contributed by atoms with Gasteiger partial charge in [-0.3, -0.25) is 4.79 Å². The van der Waals surface area contributed by atoms with E-state index in [2.05, 4.69) is 24.1 Å². The number of H-pyrrole nitrogens is 1. The van der Waals surface area contributed by atoms with Gasteiger partial charge in [-0.2, -0.15) is 0 Å². The molecular weight excluding hydrogens is 503 g/mol. The van der Waals surface area contributed by atoms with E-state index in [-0.39, 0.29) is 35.5 Å². The Kier molecular flexibility index (Phi) is 4.71. The lowest BCUT2D eigenvalue weighted by Crippen LogP contribution is -2.19. The van der Waals surface area contributed by atoms with E-state index in [0.717, 1.165) is 45.8 Å². The van der Waals surface area contributed by atoms with Crippen molar-refractivity contribution >= 4 is 39.4 Å².